The molecule has 3 unspecified atom stereocenters. The molecule has 4 heteroatoms. The normalized spacial score (nSPS) is 40.1. The summed E-state index contributed by atoms with van der Waals surface area (Å²) in [7, 11) is 0. The summed E-state index contributed by atoms with van der Waals surface area (Å²) >= 11 is 8.07. The standard InChI is InChI=1S/C12H20ClNOS/c1-9-4-6-14(8-10(9)13)11(15)12(2)5-3-7-16-12/h9-10H,3-8H2,1-2H3. The number of nitrogens with zero attached hydrogens (tertiary/aromatic N) is 1. The molecule has 2 fully saturated rings. The lowest BCUT2D eigenvalue weighted by atomic mass is 9.96. The first kappa shape index (κ1) is 12.6. The van der Waals surface area contributed by atoms with Gasteiger partial charge in [0.2, 0.25) is 5.91 Å². The number of carbonyl (C=O) groups excluding carboxylic acids is 1. The summed E-state index contributed by atoms with van der Waals surface area (Å²) in [5, 5.41) is 0.132. The number of halogens is 1. The Bertz CT molecular complexity index is 278. The molecule has 0 bridgehead atoms. The molecule has 0 aromatic rings. The topological polar surface area (TPSA) is 20.3 Å². The van der Waals surface area contributed by atoms with E-state index < -0.39 is 0 Å². The third-order valence-corrected chi connectivity index (χ3v) is 5.90. The SMILES string of the molecule is CC1CCN(C(=O)C2(C)CCCS2)CC1Cl. The lowest BCUT2D eigenvalue weighted by molar-refractivity contribution is -0.134. The van der Waals surface area contributed by atoms with Gasteiger partial charge < -0.3 is 4.90 Å². The minimum absolute atomic E-state index is 0.132. The number of amides is 1. The molecule has 2 saturated heterocycles. The highest BCUT2D eigenvalue weighted by atomic mass is 35.5. The van der Waals surface area contributed by atoms with Crippen molar-refractivity contribution in [3.8, 4) is 0 Å². The van der Waals surface area contributed by atoms with Crippen molar-refractivity contribution in [3.05, 3.63) is 0 Å². The van der Waals surface area contributed by atoms with E-state index in [9.17, 15) is 4.79 Å². The van der Waals surface area contributed by atoms with Gasteiger partial charge in [0.15, 0.2) is 0 Å². The van der Waals surface area contributed by atoms with Crippen molar-refractivity contribution >= 4 is 29.3 Å². The van der Waals surface area contributed by atoms with E-state index in [1.807, 2.05) is 16.7 Å². The van der Waals surface area contributed by atoms with Gasteiger partial charge in [0.25, 0.3) is 0 Å². The number of alkyl halides is 1. The lowest BCUT2D eigenvalue weighted by Gasteiger charge is -2.38. The van der Waals surface area contributed by atoms with Crippen molar-refractivity contribution in [1.82, 2.24) is 4.90 Å². The molecule has 0 spiro atoms. The number of likely N-dealkylation sites (tertiary alicyclic amines) is 1. The second-order valence-electron chi connectivity index (χ2n) is 5.22. The van der Waals surface area contributed by atoms with Gasteiger partial charge in [0.05, 0.1) is 10.1 Å². The third-order valence-electron chi connectivity index (χ3n) is 3.83. The average Bonchev–Trinajstić information content (AvgIpc) is 2.70. The molecular formula is C12H20ClNOS. The number of carbonyl (C=O) groups is 1. The molecule has 0 saturated carbocycles. The van der Waals surface area contributed by atoms with Crippen LogP contribution in [0.5, 0.6) is 0 Å². The maximum atomic E-state index is 12.4. The molecule has 0 aliphatic carbocycles. The largest absolute Gasteiger partial charge is 0.340 e. The van der Waals surface area contributed by atoms with Crippen LogP contribution in [-0.4, -0.2) is 39.8 Å². The van der Waals surface area contributed by atoms with Crippen LogP contribution in [0.15, 0.2) is 0 Å². The molecular weight excluding hydrogens is 242 g/mol. The first-order chi connectivity index (χ1) is 7.53. The summed E-state index contributed by atoms with van der Waals surface area (Å²) in [6, 6.07) is 0. The van der Waals surface area contributed by atoms with Gasteiger partial charge in [-0.3, -0.25) is 4.79 Å². The van der Waals surface area contributed by atoms with Crippen LogP contribution in [0.2, 0.25) is 0 Å². The third kappa shape index (κ3) is 2.35. The second-order valence-corrected chi connectivity index (χ2v) is 7.37. The van der Waals surface area contributed by atoms with Gasteiger partial charge in [-0.05, 0) is 37.9 Å². The van der Waals surface area contributed by atoms with E-state index in [0.29, 0.717) is 11.8 Å². The van der Waals surface area contributed by atoms with E-state index in [1.165, 1.54) is 6.42 Å². The summed E-state index contributed by atoms with van der Waals surface area (Å²) in [6.45, 7) is 5.89. The van der Waals surface area contributed by atoms with Crippen molar-refractivity contribution in [2.45, 2.75) is 43.2 Å². The Morgan fingerprint density at radius 2 is 2.31 bits per heavy atom. The molecule has 0 aromatic heterocycles. The smallest absolute Gasteiger partial charge is 0.238 e. The van der Waals surface area contributed by atoms with Crippen LogP contribution in [0, 0.1) is 5.92 Å². The predicted molar refractivity (Wildman–Crippen MR) is 70.1 cm³/mol. The fraction of sp³-hybridized carbons (Fsp3) is 0.917. The Labute approximate surface area is 107 Å². The first-order valence-corrected chi connectivity index (χ1v) is 7.52. The molecule has 2 nitrogen and oxygen atoms in total. The van der Waals surface area contributed by atoms with Crippen LogP contribution >= 0.6 is 23.4 Å². The van der Waals surface area contributed by atoms with E-state index in [0.717, 1.165) is 31.7 Å². The van der Waals surface area contributed by atoms with E-state index in [1.54, 1.807) is 0 Å². The Morgan fingerprint density at radius 1 is 1.56 bits per heavy atom. The Kier molecular flexibility index (Phi) is 3.75. The monoisotopic (exact) mass is 261 g/mol. The number of piperidine rings is 1. The summed E-state index contributed by atoms with van der Waals surface area (Å²) in [6.07, 6.45) is 3.23. The molecule has 16 heavy (non-hydrogen) atoms. The van der Waals surface area contributed by atoms with E-state index >= 15 is 0 Å². The van der Waals surface area contributed by atoms with Gasteiger partial charge >= 0.3 is 0 Å². The summed E-state index contributed by atoms with van der Waals surface area (Å²) in [4.78, 5) is 14.4. The van der Waals surface area contributed by atoms with Crippen LogP contribution in [-0.2, 0) is 4.79 Å². The van der Waals surface area contributed by atoms with Gasteiger partial charge in [-0.2, -0.15) is 0 Å². The minimum Gasteiger partial charge on any atom is -0.340 e. The van der Waals surface area contributed by atoms with Crippen LogP contribution in [0.3, 0.4) is 0 Å². The van der Waals surface area contributed by atoms with Crippen LogP contribution < -0.4 is 0 Å². The first-order valence-electron chi connectivity index (χ1n) is 6.10. The fourth-order valence-electron chi connectivity index (χ4n) is 2.49. The Balaban J connectivity index is 2.00. The van der Waals surface area contributed by atoms with Gasteiger partial charge in [0.1, 0.15) is 0 Å². The highest BCUT2D eigenvalue weighted by Gasteiger charge is 2.41. The molecule has 3 atom stereocenters. The zero-order valence-corrected chi connectivity index (χ0v) is 11.6. The average molecular weight is 262 g/mol. The molecule has 92 valence electrons. The van der Waals surface area contributed by atoms with Crippen molar-refractivity contribution in [2.75, 3.05) is 18.8 Å². The molecule has 0 N–H and O–H groups in total. The Hall–Kier alpha value is 0.110. The lowest BCUT2D eigenvalue weighted by Crippen LogP contribution is -2.50. The van der Waals surface area contributed by atoms with Crippen LogP contribution in [0.1, 0.15) is 33.1 Å². The highest BCUT2D eigenvalue weighted by Crippen LogP contribution is 2.40. The maximum Gasteiger partial charge on any atom is 0.238 e. The molecule has 2 rings (SSSR count). The predicted octanol–water partition coefficient (Wildman–Crippen LogP) is 2.75. The number of hydrogen-bond donors (Lipinski definition) is 0. The van der Waals surface area contributed by atoms with E-state index in [2.05, 4.69) is 13.8 Å². The molecule has 1 amide bonds. The van der Waals surface area contributed by atoms with Crippen molar-refractivity contribution in [1.29, 1.82) is 0 Å². The van der Waals surface area contributed by atoms with Crippen molar-refractivity contribution < 1.29 is 4.79 Å². The number of thioether (sulfide) groups is 1. The maximum absolute atomic E-state index is 12.4. The molecule has 0 aromatic carbocycles. The minimum atomic E-state index is -0.169. The van der Waals surface area contributed by atoms with Gasteiger partial charge in [-0.25, -0.2) is 0 Å². The molecule has 2 aliphatic rings. The van der Waals surface area contributed by atoms with Crippen molar-refractivity contribution in [2.24, 2.45) is 5.92 Å². The van der Waals surface area contributed by atoms with Crippen LogP contribution in [0.4, 0.5) is 0 Å². The number of hydrogen-bond acceptors (Lipinski definition) is 2. The quantitative estimate of drug-likeness (QED) is 0.677. The van der Waals surface area contributed by atoms with Crippen molar-refractivity contribution in [3.63, 3.8) is 0 Å². The fourth-order valence-corrected chi connectivity index (χ4v) is 4.06. The van der Waals surface area contributed by atoms with Gasteiger partial charge in [0, 0.05) is 13.1 Å². The van der Waals surface area contributed by atoms with E-state index in [-0.39, 0.29) is 10.1 Å². The molecule has 2 heterocycles. The summed E-state index contributed by atoms with van der Waals surface area (Å²) in [5.41, 5.74) is 0. The van der Waals surface area contributed by atoms with Gasteiger partial charge in [-0.1, -0.05) is 6.92 Å². The molecule has 2 aliphatic heterocycles. The highest BCUT2D eigenvalue weighted by molar-refractivity contribution is 8.01. The second kappa shape index (κ2) is 4.77. The van der Waals surface area contributed by atoms with E-state index in [4.69, 9.17) is 11.6 Å². The zero-order valence-electron chi connectivity index (χ0n) is 10.0. The number of rotatable bonds is 1. The van der Waals surface area contributed by atoms with Gasteiger partial charge in [-0.15, -0.1) is 23.4 Å². The Morgan fingerprint density at radius 3 is 2.88 bits per heavy atom. The summed E-state index contributed by atoms with van der Waals surface area (Å²) in [5.74, 6) is 1.97. The van der Waals surface area contributed by atoms with Crippen LogP contribution in [0.25, 0.3) is 0 Å². The summed E-state index contributed by atoms with van der Waals surface area (Å²) < 4.78 is -0.169. The zero-order chi connectivity index (χ0) is 11.8. The molecule has 0 radical (unpaired) electrons.